The number of non-ortho nitro benzene ring substituents is 1. The van der Waals surface area contributed by atoms with Gasteiger partial charge in [0.15, 0.2) is 0 Å². The zero-order chi connectivity index (χ0) is 40.4. The first kappa shape index (κ1) is 43.5. The lowest BCUT2D eigenvalue weighted by Gasteiger charge is -2.29. The molecule has 0 atom stereocenters. The summed E-state index contributed by atoms with van der Waals surface area (Å²) in [6.07, 6.45) is 1.77. The van der Waals surface area contributed by atoms with Crippen LogP contribution in [0.2, 0.25) is 0 Å². The second kappa shape index (κ2) is 18.4. The van der Waals surface area contributed by atoms with E-state index in [0.29, 0.717) is 87.6 Å². The molecule has 0 aromatic heterocycles. The third-order valence-corrected chi connectivity index (χ3v) is 8.12. The van der Waals surface area contributed by atoms with Gasteiger partial charge in [-0.25, -0.2) is 14.4 Å². The highest BCUT2D eigenvalue weighted by Crippen LogP contribution is 2.33. The van der Waals surface area contributed by atoms with Crippen molar-refractivity contribution in [3.63, 3.8) is 0 Å². The van der Waals surface area contributed by atoms with Crippen LogP contribution < -0.4 is 5.32 Å². The molecule has 5 amide bonds. The third-order valence-electron chi connectivity index (χ3n) is 8.12. The van der Waals surface area contributed by atoms with Crippen molar-refractivity contribution >= 4 is 46.6 Å². The van der Waals surface area contributed by atoms with Crippen molar-refractivity contribution in [3.8, 4) is 0 Å². The Kier molecular flexibility index (Phi) is 14.8. The third kappa shape index (κ3) is 13.5. The summed E-state index contributed by atoms with van der Waals surface area (Å²) >= 11 is 0. The molecule has 0 spiro atoms. The van der Waals surface area contributed by atoms with E-state index in [1.165, 1.54) is 12.1 Å². The van der Waals surface area contributed by atoms with Crippen molar-refractivity contribution in [2.45, 2.75) is 118 Å². The Labute approximate surface area is 317 Å². The number of amides is 5. The van der Waals surface area contributed by atoms with Gasteiger partial charge in [0.1, 0.15) is 16.8 Å². The first-order valence-electron chi connectivity index (χ1n) is 18.6. The number of hydrogen-bond acceptors (Lipinski definition) is 10. The van der Waals surface area contributed by atoms with E-state index >= 15 is 0 Å². The smallest absolute Gasteiger partial charge is 0.410 e. The molecule has 2 aromatic rings. The fourth-order valence-electron chi connectivity index (χ4n) is 5.80. The van der Waals surface area contributed by atoms with Crippen LogP contribution in [0.1, 0.15) is 122 Å². The number of hydrogen-bond donors (Lipinski definition) is 1. The molecule has 0 saturated carbocycles. The van der Waals surface area contributed by atoms with E-state index in [0.717, 1.165) is 4.90 Å². The van der Waals surface area contributed by atoms with Gasteiger partial charge in [-0.1, -0.05) is 12.1 Å². The average molecular weight is 756 g/mol. The molecule has 0 saturated heterocycles. The van der Waals surface area contributed by atoms with E-state index in [-0.39, 0.29) is 17.8 Å². The minimum atomic E-state index is -0.731. The molecule has 0 unspecified atom stereocenters. The summed E-state index contributed by atoms with van der Waals surface area (Å²) < 4.78 is 16.6. The number of benzene rings is 2. The van der Waals surface area contributed by atoms with E-state index in [4.69, 9.17) is 14.2 Å². The summed E-state index contributed by atoms with van der Waals surface area (Å²) in [6.45, 7) is 18.0. The molecule has 2 aromatic carbocycles. The van der Waals surface area contributed by atoms with Crippen LogP contribution in [0.5, 0.6) is 0 Å². The average Bonchev–Trinajstić information content (AvgIpc) is 3.03. The lowest BCUT2D eigenvalue weighted by atomic mass is 9.93. The van der Waals surface area contributed by atoms with Gasteiger partial charge in [-0.15, -0.1) is 0 Å². The van der Waals surface area contributed by atoms with Crippen molar-refractivity contribution in [3.05, 3.63) is 51.6 Å². The first-order chi connectivity index (χ1) is 25.1. The van der Waals surface area contributed by atoms with Crippen LogP contribution in [0.3, 0.4) is 0 Å². The summed E-state index contributed by atoms with van der Waals surface area (Å²) in [7, 11) is 0. The van der Waals surface area contributed by atoms with Gasteiger partial charge in [0, 0.05) is 62.4 Å². The number of carbonyl (C=O) groups is 5. The van der Waals surface area contributed by atoms with Crippen molar-refractivity contribution in [2.75, 3.05) is 39.3 Å². The summed E-state index contributed by atoms with van der Waals surface area (Å²) in [5.74, 6) is -1.06. The Bertz CT molecular complexity index is 1690. The fourth-order valence-corrected chi connectivity index (χ4v) is 5.80. The zero-order valence-electron chi connectivity index (χ0n) is 33.2. The maximum atomic E-state index is 13.4. The summed E-state index contributed by atoms with van der Waals surface area (Å²) in [4.78, 5) is 80.3. The van der Waals surface area contributed by atoms with Crippen LogP contribution in [-0.4, -0.2) is 106 Å². The molecule has 1 aliphatic heterocycles. The standard InChI is InChI=1S/C39H57N5O10/c1-37(2,3)52-34(47)40-19-10-11-20-41(35(48)53-38(4,5)6)21-12-13-22-42(36(49)54-39(7,8)9)23-14-15-24-43-32(45)29-18-16-17-27-25-28(44(50)51)26-30(31(27)29)33(43)46/h16-18,25-26H,10-15,19-24H2,1-9H3,(H,40,47). The lowest BCUT2D eigenvalue weighted by Crippen LogP contribution is -2.41. The van der Waals surface area contributed by atoms with E-state index in [9.17, 15) is 34.1 Å². The van der Waals surface area contributed by atoms with Gasteiger partial charge in [-0.3, -0.25) is 24.6 Å². The summed E-state index contributed by atoms with van der Waals surface area (Å²) in [5, 5.41) is 15.1. The quantitative estimate of drug-likeness (QED) is 0.0587. The van der Waals surface area contributed by atoms with E-state index < -0.39 is 51.8 Å². The normalized spacial score (nSPS) is 13.1. The zero-order valence-corrected chi connectivity index (χ0v) is 33.2. The Morgan fingerprint density at radius 3 is 1.69 bits per heavy atom. The molecule has 54 heavy (non-hydrogen) atoms. The second-order valence-electron chi connectivity index (χ2n) is 16.4. The number of nitro groups is 1. The minimum Gasteiger partial charge on any atom is -0.444 e. The van der Waals surface area contributed by atoms with Crippen LogP contribution in [0.25, 0.3) is 10.8 Å². The SMILES string of the molecule is CC(C)(C)OC(=O)NCCCCN(CCCCN(CCCCN1C(=O)c2cccc3cc([N+](=O)[O-])cc(c23)C1=O)C(=O)OC(C)(C)C)C(=O)OC(C)(C)C. The lowest BCUT2D eigenvalue weighted by molar-refractivity contribution is -0.384. The number of nitrogens with zero attached hydrogens (tertiary/aromatic N) is 4. The highest BCUT2D eigenvalue weighted by atomic mass is 16.6. The van der Waals surface area contributed by atoms with Crippen molar-refractivity contribution in [1.29, 1.82) is 0 Å². The largest absolute Gasteiger partial charge is 0.444 e. The number of nitrogens with one attached hydrogen (secondary N) is 1. The molecule has 0 aliphatic carbocycles. The van der Waals surface area contributed by atoms with Gasteiger partial charge in [0.2, 0.25) is 0 Å². The fraction of sp³-hybridized carbons (Fsp3) is 0.615. The number of alkyl carbamates (subject to hydrolysis) is 1. The molecule has 1 N–H and O–H groups in total. The van der Waals surface area contributed by atoms with Crippen LogP contribution in [0.4, 0.5) is 20.1 Å². The van der Waals surface area contributed by atoms with Gasteiger partial charge in [0.25, 0.3) is 17.5 Å². The van der Waals surface area contributed by atoms with Gasteiger partial charge >= 0.3 is 18.3 Å². The number of nitro benzene ring substituents is 1. The molecule has 298 valence electrons. The highest BCUT2D eigenvalue weighted by molar-refractivity contribution is 6.25. The Morgan fingerprint density at radius 2 is 1.19 bits per heavy atom. The molecule has 15 nitrogen and oxygen atoms in total. The molecule has 1 heterocycles. The summed E-state index contributed by atoms with van der Waals surface area (Å²) in [5.41, 5.74) is -1.81. The van der Waals surface area contributed by atoms with Crippen molar-refractivity contribution < 1.29 is 43.1 Å². The van der Waals surface area contributed by atoms with Crippen LogP contribution >= 0.6 is 0 Å². The number of unbranched alkanes of at least 4 members (excludes halogenated alkanes) is 3. The summed E-state index contributed by atoms with van der Waals surface area (Å²) in [6, 6.07) is 7.45. The van der Waals surface area contributed by atoms with E-state index in [1.54, 1.807) is 90.3 Å². The topological polar surface area (TPSA) is 178 Å². The maximum Gasteiger partial charge on any atom is 0.410 e. The van der Waals surface area contributed by atoms with Gasteiger partial charge in [0.05, 0.1) is 10.5 Å². The van der Waals surface area contributed by atoms with Crippen molar-refractivity contribution in [1.82, 2.24) is 20.0 Å². The van der Waals surface area contributed by atoms with Crippen LogP contribution in [0, 0.1) is 10.1 Å². The van der Waals surface area contributed by atoms with Gasteiger partial charge < -0.3 is 29.3 Å². The van der Waals surface area contributed by atoms with Gasteiger partial charge in [-0.2, -0.15) is 0 Å². The van der Waals surface area contributed by atoms with E-state index in [1.807, 2.05) is 0 Å². The van der Waals surface area contributed by atoms with Gasteiger partial charge in [-0.05, 0) is 112 Å². The highest BCUT2D eigenvalue weighted by Gasteiger charge is 2.34. The predicted octanol–water partition coefficient (Wildman–Crippen LogP) is 7.68. The minimum absolute atomic E-state index is 0.0660. The predicted molar refractivity (Wildman–Crippen MR) is 204 cm³/mol. The van der Waals surface area contributed by atoms with Crippen LogP contribution in [-0.2, 0) is 14.2 Å². The Hall–Kier alpha value is -4.95. The molecule has 0 bridgehead atoms. The Morgan fingerprint density at radius 1 is 0.704 bits per heavy atom. The van der Waals surface area contributed by atoms with Crippen LogP contribution in [0.15, 0.2) is 30.3 Å². The molecule has 3 rings (SSSR count). The number of carbonyl (C=O) groups excluding carboxylic acids is 5. The molecular formula is C39H57N5O10. The monoisotopic (exact) mass is 755 g/mol. The molecule has 15 heteroatoms. The molecular weight excluding hydrogens is 698 g/mol. The maximum absolute atomic E-state index is 13.4. The molecule has 0 fully saturated rings. The number of ether oxygens (including phenoxy) is 3. The van der Waals surface area contributed by atoms with E-state index in [2.05, 4.69) is 5.32 Å². The molecule has 1 aliphatic rings. The number of imide groups is 1. The molecule has 0 radical (unpaired) electrons. The second-order valence-corrected chi connectivity index (χ2v) is 16.4. The first-order valence-corrected chi connectivity index (χ1v) is 18.6. The Balaban J connectivity index is 1.58. The van der Waals surface area contributed by atoms with Crippen molar-refractivity contribution in [2.24, 2.45) is 0 Å². The number of rotatable bonds is 16.